The molecule has 0 saturated carbocycles. The number of nitrogens with zero attached hydrogens (tertiary/aromatic N) is 3. The summed E-state index contributed by atoms with van der Waals surface area (Å²) in [5.74, 6) is 0.266. The lowest BCUT2D eigenvalue weighted by Crippen LogP contribution is -2.40. The summed E-state index contributed by atoms with van der Waals surface area (Å²) in [6, 6.07) is 8.74. The fourth-order valence-corrected chi connectivity index (χ4v) is 3.42. The number of carbonyl (C=O) groups is 1. The average molecular weight is 311 g/mol. The van der Waals surface area contributed by atoms with Crippen LogP contribution in [0.2, 0.25) is 0 Å². The first-order chi connectivity index (χ1) is 11.1. The highest BCUT2D eigenvalue weighted by Crippen LogP contribution is 2.22. The monoisotopic (exact) mass is 311 g/mol. The fraction of sp³-hybridized carbons (Fsp3) is 0.474. The summed E-state index contributed by atoms with van der Waals surface area (Å²) in [5, 5.41) is 4.33. The van der Waals surface area contributed by atoms with Crippen molar-refractivity contribution < 1.29 is 4.79 Å². The molecule has 4 heteroatoms. The Morgan fingerprint density at radius 2 is 2.22 bits per heavy atom. The Hall–Kier alpha value is -2.10. The molecule has 1 fully saturated rings. The smallest absolute Gasteiger partial charge is 0.222 e. The molecule has 1 saturated heterocycles. The number of benzene rings is 1. The normalized spacial score (nSPS) is 18.2. The maximum absolute atomic E-state index is 12.6. The van der Waals surface area contributed by atoms with E-state index in [1.807, 2.05) is 21.8 Å². The van der Waals surface area contributed by atoms with E-state index in [0.717, 1.165) is 32.4 Å². The highest BCUT2D eigenvalue weighted by atomic mass is 16.2. The van der Waals surface area contributed by atoms with Crippen LogP contribution in [0.5, 0.6) is 0 Å². The molecule has 23 heavy (non-hydrogen) atoms. The van der Waals surface area contributed by atoms with E-state index in [2.05, 4.69) is 37.1 Å². The van der Waals surface area contributed by atoms with Crippen LogP contribution in [0, 0.1) is 13.8 Å². The summed E-state index contributed by atoms with van der Waals surface area (Å²) < 4.78 is 1.99. The number of aryl methyl sites for hydroxylation is 3. The predicted molar refractivity (Wildman–Crippen MR) is 91.3 cm³/mol. The molecule has 0 spiro atoms. The minimum Gasteiger partial charge on any atom is -0.341 e. The summed E-state index contributed by atoms with van der Waals surface area (Å²) >= 11 is 0. The second kappa shape index (κ2) is 6.99. The molecule has 2 heterocycles. The first kappa shape index (κ1) is 15.8. The van der Waals surface area contributed by atoms with Gasteiger partial charge in [-0.25, -0.2) is 0 Å². The van der Waals surface area contributed by atoms with Gasteiger partial charge in [0.15, 0.2) is 0 Å². The molecule has 1 atom stereocenters. The molecule has 0 N–H and O–H groups in total. The maximum atomic E-state index is 12.6. The quantitative estimate of drug-likeness (QED) is 0.869. The third-order valence-electron chi connectivity index (χ3n) is 4.75. The molecule has 2 aromatic rings. The molecule has 4 nitrogen and oxygen atoms in total. The van der Waals surface area contributed by atoms with E-state index in [-0.39, 0.29) is 5.91 Å². The van der Waals surface area contributed by atoms with Gasteiger partial charge in [0, 0.05) is 31.9 Å². The Bertz CT molecular complexity index is 663. The van der Waals surface area contributed by atoms with Crippen LogP contribution in [0.3, 0.4) is 0 Å². The second-order valence-electron chi connectivity index (χ2n) is 6.55. The number of hydrogen-bond acceptors (Lipinski definition) is 2. The zero-order chi connectivity index (χ0) is 16.2. The number of likely N-dealkylation sites (tertiary alicyclic amines) is 1. The van der Waals surface area contributed by atoms with Crippen LogP contribution < -0.4 is 0 Å². The Labute approximate surface area is 138 Å². The number of hydrogen-bond donors (Lipinski definition) is 0. The molecule has 0 aliphatic carbocycles. The maximum Gasteiger partial charge on any atom is 0.222 e. The van der Waals surface area contributed by atoms with Gasteiger partial charge in [0.25, 0.3) is 0 Å². The van der Waals surface area contributed by atoms with Crippen molar-refractivity contribution in [3.63, 3.8) is 0 Å². The predicted octanol–water partition coefficient (Wildman–Crippen LogP) is 3.30. The molecule has 1 aromatic heterocycles. The standard InChI is InChI=1S/C19H25N3O/c1-15-6-7-17(16(2)13-15)8-9-19(23)21-11-3-5-18(14-21)22-12-4-10-20-22/h4,6-7,10,12-13,18H,3,5,8-9,11,14H2,1-2H3/t18-/m0/s1. The van der Waals surface area contributed by atoms with Crippen LogP contribution in [-0.4, -0.2) is 33.7 Å². The highest BCUT2D eigenvalue weighted by molar-refractivity contribution is 5.76. The lowest BCUT2D eigenvalue weighted by Gasteiger charge is -2.33. The lowest BCUT2D eigenvalue weighted by atomic mass is 10.0. The van der Waals surface area contributed by atoms with Crippen molar-refractivity contribution >= 4 is 5.91 Å². The van der Waals surface area contributed by atoms with Crippen LogP contribution in [0.15, 0.2) is 36.7 Å². The molecular weight excluding hydrogens is 286 g/mol. The van der Waals surface area contributed by atoms with Gasteiger partial charge < -0.3 is 4.90 Å². The van der Waals surface area contributed by atoms with Crippen molar-refractivity contribution in [2.45, 2.75) is 45.6 Å². The molecule has 0 radical (unpaired) electrons. The lowest BCUT2D eigenvalue weighted by molar-refractivity contribution is -0.132. The first-order valence-corrected chi connectivity index (χ1v) is 8.46. The Balaban J connectivity index is 1.57. The van der Waals surface area contributed by atoms with Gasteiger partial charge in [0.2, 0.25) is 5.91 Å². The van der Waals surface area contributed by atoms with E-state index >= 15 is 0 Å². The largest absolute Gasteiger partial charge is 0.341 e. The third-order valence-corrected chi connectivity index (χ3v) is 4.75. The van der Waals surface area contributed by atoms with Crippen molar-refractivity contribution in [1.82, 2.24) is 14.7 Å². The van der Waals surface area contributed by atoms with Gasteiger partial charge in [-0.1, -0.05) is 23.8 Å². The van der Waals surface area contributed by atoms with E-state index in [4.69, 9.17) is 0 Å². The summed E-state index contributed by atoms with van der Waals surface area (Å²) in [5.41, 5.74) is 3.84. The molecule has 1 aliphatic rings. The molecule has 1 aliphatic heterocycles. The Kier molecular flexibility index (Phi) is 4.79. The number of amides is 1. The van der Waals surface area contributed by atoms with E-state index in [0.29, 0.717) is 12.5 Å². The zero-order valence-electron chi connectivity index (χ0n) is 14.0. The first-order valence-electron chi connectivity index (χ1n) is 8.46. The molecule has 1 aromatic carbocycles. The van der Waals surface area contributed by atoms with Gasteiger partial charge in [-0.2, -0.15) is 5.10 Å². The van der Waals surface area contributed by atoms with Gasteiger partial charge in [0.1, 0.15) is 0 Å². The van der Waals surface area contributed by atoms with Crippen molar-refractivity contribution in [3.8, 4) is 0 Å². The Morgan fingerprint density at radius 1 is 1.35 bits per heavy atom. The van der Waals surface area contributed by atoms with Crippen molar-refractivity contribution in [3.05, 3.63) is 53.3 Å². The van der Waals surface area contributed by atoms with Crippen molar-refractivity contribution in [2.24, 2.45) is 0 Å². The van der Waals surface area contributed by atoms with Gasteiger partial charge in [0.05, 0.1) is 6.04 Å². The number of piperidine rings is 1. The molecule has 122 valence electrons. The van der Waals surface area contributed by atoms with E-state index in [9.17, 15) is 4.79 Å². The second-order valence-corrected chi connectivity index (χ2v) is 6.55. The fourth-order valence-electron chi connectivity index (χ4n) is 3.42. The van der Waals surface area contributed by atoms with Crippen LogP contribution >= 0.6 is 0 Å². The topological polar surface area (TPSA) is 38.1 Å². The SMILES string of the molecule is Cc1ccc(CCC(=O)N2CCC[C@H](n3cccn3)C2)c(C)c1. The highest BCUT2D eigenvalue weighted by Gasteiger charge is 2.24. The average Bonchev–Trinajstić information content (AvgIpc) is 3.08. The van der Waals surface area contributed by atoms with E-state index in [1.54, 1.807) is 6.20 Å². The minimum atomic E-state index is 0.266. The summed E-state index contributed by atoms with van der Waals surface area (Å²) in [7, 11) is 0. The van der Waals surface area contributed by atoms with Gasteiger partial charge in [-0.3, -0.25) is 9.48 Å². The van der Waals surface area contributed by atoms with Gasteiger partial charge in [-0.05, 0) is 50.3 Å². The molecule has 0 bridgehead atoms. The number of rotatable bonds is 4. The van der Waals surface area contributed by atoms with E-state index in [1.165, 1.54) is 16.7 Å². The van der Waals surface area contributed by atoms with Gasteiger partial charge in [-0.15, -0.1) is 0 Å². The van der Waals surface area contributed by atoms with Crippen molar-refractivity contribution in [1.29, 1.82) is 0 Å². The molecule has 0 unspecified atom stereocenters. The number of aromatic nitrogens is 2. The molecule has 1 amide bonds. The summed E-state index contributed by atoms with van der Waals surface area (Å²) in [6.07, 6.45) is 7.38. The summed E-state index contributed by atoms with van der Waals surface area (Å²) in [6.45, 7) is 5.89. The number of carbonyl (C=O) groups excluding carboxylic acids is 1. The zero-order valence-corrected chi connectivity index (χ0v) is 14.0. The van der Waals surface area contributed by atoms with E-state index < -0.39 is 0 Å². The van der Waals surface area contributed by atoms with Crippen LogP contribution in [0.1, 0.15) is 42.0 Å². The minimum absolute atomic E-state index is 0.266. The van der Waals surface area contributed by atoms with Gasteiger partial charge >= 0.3 is 0 Å². The third kappa shape index (κ3) is 3.81. The van der Waals surface area contributed by atoms with Crippen molar-refractivity contribution in [2.75, 3.05) is 13.1 Å². The van der Waals surface area contributed by atoms with Crippen LogP contribution in [-0.2, 0) is 11.2 Å². The Morgan fingerprint density at radius 3 is 2.96 bits per heavy atom. The van der Waals surface area contributed by atoms with Crippen LogP contribution in [0.25, 0.3) is 0 Å². The van der Waals surface area contributed by atoms with Crippen LogP contribution in [0.4, 0.5) is 0 Å². The molecule has 3 rings (SSSR count). The molecular formula is C19H25N3O. The summed E-state index contributed by atoms with van der Waals surface area (Å²) in [4.78, 5) is 14.6.